The summed E-state index contributed by atoms with van der Waals surface area (Å²) >= 11 is 0. The van der Waals surface area contributed by atoms with Gasteiger partial charge in [0.25, 0.3) is 0 Å². The van der Waals surface area contributed by atoms with E-state index in [4.69, 9.17) is 15.2 Å². The second-order valence-corrected chi connectivity index (χ2v) is 7.35. The Labute approximate surface area is 135 Å². The first-order chi connectivity index (χ1) is 11.1. The molecule has 0 aromatic carbocycles. The maximum absolute atomic E-state index is 9.99. The largest absolute Gasteiger partial charge is 0.396 e. The molecule has 8 nitrogen and oxygen atoms in total. The molecule has 2 fully saturated rings. The number of fused-ring (bicyclic) bond motifs is 1. The molecule has 9 heteroatoms. The van der Waals surface area contributed by atoms with E-state index in [0.29, 0.717) is 17.9 Å². The van der Waals surface area contributed by atoms with Crippen LogP contribution >= 0.6 is 9.03 Å². The fourth-order valence-corrected chi connectivity index (χ4v) is 4.09. The highest BCUT2D eigenvalue weighted by atomic mass is 31.1. The number of aromatic nitrogens is 4. The number of hydrogen-bond donors (Lipinski definition) is 3. The van der Waals surface area contributed by atoms with E-state index in [1.54, 1.807) is 6.33 Å². The quantitative estimate of drug-likeness (QED) is 0.645. The van der Waals surface area contributed by atoms with E-state index < -0.39 is 9.03 Å². The summed E-state index contributed by atoms with van der Waals surface area (Å²) in [6, 6.07) is 0.167. The summed E-state index contributed by atoms with van der Waals surface area (Å²) in [4.78, 5) is 21.5. The second kappa shape index (κ2) is 5.34. The predicted molar refractivity (Wildman–Crippen MR) is 85.7 cm³/mol. The summed E-state index contributed by atoms with van der Waals surface area (Å²) in [7, 11) is -0.472. The molecule has 0 spiro atoms. The normalized spacial score (nSPS) is 28.7. The Bertz CT molecular complexity index is 734. The molecule has 2 aliphatic rings. The molecule has 2 aliphatic carbocycles. The number of nitrogen functional groups attached to an aromatic ring is 1. The Balaban J connectivity index is 1.57. The molecular formula is C14H20N5O3P. The number of aliphatic hydroxyl groups is 1. The van der Waals surface area contributed by atoms with Gasteiger partial charge >= 0.3 is 0 Å². The number of rotatable bonds is 7. The van der Waals surface area contributed by atoms with Crippen molar-refractivity contribution in [3.63, 3.8) is 0 Å². The van der Waals surface area contributed by atoms with E-state index in [0.717, 1.165) is 31.3 Å². The van der Waals surface area contributed by atoms with Crippen LogP contribution in [0.5, 0.6) is 0 Å². The smallest absolute Gasteiger partial charge is 0.165 e. The van der Waals surface area contributed by atoms with Crippen molar-refractivity contribution in [1.82, 2.24) is 19.5 Å². The van der Waals surface area contributed by atoms with Crippen LogP contribution < -0.4 is 5.73 Å². The fourth-order valence-electron chi connectivity index (χ4n) is 3.71. The number of hydrogen-bond acceptors (Lipinski definition) is 7. The molecule has 0 saturated heterocycles. The zero-order valence-corrected chi connectivity index (χ0v) is 13.6. The van der Waals surface area contributed by atoms with Crippen LogP contribution in [0, 0.1) is 10.8 Å². The van der Waals surface area contributed by atoms with Gasteiger partial charge in [-0.15, -0.1) is 0 Å². The Hall–Kier alpha value is -1.34. The van der Waals surface area contributed by atoms with Gasteiger partial charge in [0.05, 0.1) is 19.5 Å². The van der Waals surface area contributed by atoms with E-state index in [-0.39, 0.29) is 23.5 Å². The first kappa shape index (κ1) is 15.2. The minimum absolute atomic E-state index is 0.109. The molecule has 23 heavy (non-hydrogen) atoms. The highest BCUT2D eigenvalue weighted by Gasteiger charge is 2.61. The summed E-state index contributed by atoms with van der Waals surface area (Å²) < 4.78 is 7.24. The summed E-state index contributed by atoms with van der Waals surface area (Å²) in [5.41, 5.74) is 7.12. The lowest BCUT2D eigenvalue weighted by atomic mass is 9.90. The van der Waals surface area contributed by atoms with Gasteiger partial charge in [-0.3, -0.25) is 0 Å². The summed E-state index contributed by atoms with van der Waals surface area (Å²) in [6.07, 6.45) is 7.14. The SMILES string of the molecule is Nc1ncnc2c1ncn2C1C[C@@]1(CO)CC1(COPO)CC1. The Morgan fingerprint density at radius 3 is 2.91 bits per heavy atom. The van der Waals surface area contributed by atoms with Crippen molar-refractivity contribution in [3.05, 3.63) is 12.7 Å². The Kier molecular flexibility index (Phi) is 3.53. The van der Waals surface area contributed by atoms with Gasteiger partial charge < -0.3 is 24.8 Å². The molecule has 2 aromatic heterocycles. The van der Waals surface area contributed by atoms with Gasteiger partial charge in [0.15, 0.2) is 20.5 Å². The minimum atomic E-state index is -0.472. The molecule has 3 atom stereocenters. The summed E-state index contributed by atoms with van der Waals surface area (Å²) in [5, 5.41) is 9.99. The molecule has 2 saturated carbocycles. The molecule has 0 radical (unpaired) electrons. The Morgan fingerprint density at radius 2 is 2.22 bits per heavy atom. The van der Waals surface area contributed by atoms with Crippen molar-refractivity contribution in [1.29, 1.82) is 0 Å². The van der Waals surface area contributed by atoms with Crippen molar-refractivity contribution in [2.45, 2.75) is 31.7 Å². The van der Waals surface area contributed by atoms with E-state index in [2.05, 4.69) is 15.0 Å². The van der Waals surface area contributed by atoms with Crippen LogP contribution in [0.2, 0.25) is 0 Å². The lowest BCUT2D eigenvalue weighted by molar-refractivity contribution is 0.139. The number of imidazole rings is 1. The molecule has 2 aromatic rings. The van der Waals surface area contributed by atoms with Gasteiger partial charge in [0.1, 0.15) is 11.8 Å². The minimum Gasteiger partial charge on any atom is -0.396 e. The molecule has 2 heterocycles. The maximum Gasteiger partial charge on any atom is 0.165 e. The van der Waals surface area contributed by atoms with Crippen LogP contribution in [-0.2, 0) is 4.52 Å². The van der Waals surface area contributed by atoms with Crippen molar-refractivity contribution < 1.29 is 14.5 Å². The monoisotopic (exact) mass is 337 g/mol. The van der Waals surface area contributed by atoms with Gasteiger partial charge in [-0.25, -0.2) is 15.0 Å². The Morgan fingerprint density at radius 1 is 1.39 bits per heavy atom. The van der Waals surface area contributed by atoms with Crippen LogP contribution in [0.15, 0.2) is 12.7 Å². The third kappa shape index (κ3) is 2.50. The van der Waals surface area contributed by atoms with Crippen molar-refractivity contribution in [2.24, 2.45) is 10.8 Å². The topological polar surface area (TPSA) is 119 Å². The zero-order valence-electron chi connectivity index (χ0n) is 12.6. The van der Waals surface area contributed by atoms with Gasteiger partial charge in [-0.05, 0) is 31.1 Å². The van der Waals surface area contributed by atoms with Crippen LogP contribution in [-0.4, -0.2) is 42.7 Å². The molecule has 2 unspecified atom stereocenters. The van der Waals surface area contributed by atoms with E-state index in [9.17, 15) is 5.11 Å². The van der Waals surface area contributed by atoms with Gasteiger partial charge in [0.2, 0.25) is 0 Å². The molecule has 4 rings (SSSR count). The lowest BCUT2D eigenvalue weighted by Crippen LogP contribution is -2.21. The standard InChI is InChI=1S/C14H20N5O3P/c15-11-10-12(17-7-16-11)19(8-18-10)9-3-14(9,5-20)4-13(1-2-13)6-22-23-21/h7-9,20-21,23H,1-6H2,(H2,15,16,17)/t9?,14-/m0/s1. The average Bonchev–Trinajstić information content (AvgIpc) is 3.44. The van der Waals surface area contributed by atoms with Crippen molar-refractivity contribution in [3.8, 4) is 0 Å². The average molecular weight is 337 g/mol. The van der Waals surface area contributed by atoms with Crippen LogP contribution in [0.1, 0.15) is 31.7 Å². The van der Waals surface area contributed by atoms with Gasteiger partial charge in [-0.1, -0.05) is 0 Å². The van der Waals surface area contributed by atoms with Crippen LogP contribution in [0.4, 0.5) is 5.82 Å². The van der Waals surface area contributed by atoms with Gasteiger partial charge in [0, 0.05) is 11.5 Å². The van der Waals surface area contributed by atoms with Crippen LogP contribution in [0.25, 0.3) is 11.2 Å². The lowest BCUT2D eigenvalue weighted by Gasteiger charge is -2.22. The highest BCUT2D eigenvalue weighted by Crippen LogP contribution is 2.66. The number of nitrogens with zero attached hydrogens (tertiary/aromatic N) is 4. The van der Waals surface area contributed by atoms with Crippen molar-refractivity contribution >= 4 is 26.0 Å². The predicted octanol–water partition coefficient (Wildman–Crippen LogP) is 1.02. The third-order valence-corrected chi connectivity index (χ3v) is 5.58. The highest BCUT2D eigenvalue weighted by molar-refractivity contribution is 7.24. The van der Waals surface area contributed by atoms with Gasteiger partial charge in [-0.2, -0.15) is 0 Å². The van der Waals surface area contributed by atoms with E-state index in [1.165, 1.54) is 6.33 Å². The molecular weight excluding hydrogens is 317 g/mol. The first-order valence-corrected chi connectivity index (χ1v) is 8.53. The number of nitrogens with two attached hydrogens (primary N) is 1. The summed E-state index contributed by atoms with van der Waals surface area (Å²) in [6.45, 7) is 0.692. The zero-order chi connectivity index (χ0) is 16.1. The maximum atomic E-state index is 9.99. The molecule has 0 bridgehead atoms. The fraction of sp³-hybridized carbons (Fsp3) is 0.643. The van der Waals surface area contributed by atoms with E-state index in [1.807, 2.05) is 4.57 Å². The molecule has 124 valence electrons. The second-order valence-electron chi connectivity index (χ2n) is 6.88. The van der Waals surface area contributed by atoms with Crippen LogP contribution in [0.3, 0.4) is 0 Å². The third-order valence-electron chi connectivity index (χ3n) is 5.31. The van der Waals surface area contributed by atoms with E-state index >= 15 is 0 Å². The van der Waals surface area contributed by atoms with Crippen molar-refractivity contribution in [2.75, 3.05) is 18.9 Å². The number of anilines is 1. The molecule has 0 aliphatic heterocycles. The molecule has 4 N–H and O–H groups in total. The number of aliphatic hydroxyl groups excluding tert-OH is 1. The first-order valence-electron chi connectivity index (χ1n) is 7.68. The molecule has 0 amide bonds. The summed E-state index contributed by atoms with van der Waals surface area (Å²) in [5.74, 6) is 0.375.